The van der Waals surface area contributed by atoms with E-state index in [1.54, 1.807) is 0 Å². The highest BCUT2D eigenvalue weighted by atomic mass is 16.1. The van der Waals surface area contributed by atoms with E-state index < -0.39 is 0 Å². The van der Waals surface area contributed by atoms with Gasteiger partial charge >= 0.3 is 0 Å². The van der Waals surface area contributed by atoms with Crippen molar-refractivity contribution in [1.82, 2.24) is 10.6 Å². The number of nitrogens with one attached hydrogen (secondary N) is 2. The molecular formula is C14H30N2O. The number of hydrogen-bond donors (Lipinski definition) is 2. The molecule has 1 unspecified atom stereocenters. The van der Waals surface area contributed by atoms with Crippen molar-refractivity contribution in [2.45, 2.75) is 53.4 Å². The Balaban J connectivity index is 0.000000318. The van der Waals surface area contributed by atoms with E-state index in [-0.39, 0.29) is 5.91 Å². The van der Waals surface area contributed by atoms with Gasteiger partial charge in [0.2, 0.25) is 5.91 Å². The molecule has 1 amide bonds. The van der Waals surface area contributed by atoms with Crippen LogP contribution in [-0.4, -0.2) is 25.5 Å². The Bertz CT molecular complexity index is 187. The van der Waals surface area contributed by atoms with E-state index in [0.29, 0.717) is 12.3 Å². The van der Waals surface area contributed by atoms with Crippen LogP contribution in [0.25, 0.3) is 0 Å². The Kier molecular flexibility index (Phi) is 10.2. The van der Waals surface area contributed by atoms with Crippen LogP contribution in [0.5, 0.6) is 0 Å². The largest absolute Gasteiger partial charge is 0.356 e. The van der Waals surface area contributed by atoms with Gasteiger partial charge in [-0.05, 0) is 44.2 Å². The summed E-state index contributed by atoms with van der Waals surface area (Å²) >= 11 is 0. The molecule has 3 nitrogen and oxygen atoms in total. The second kappa shape index (κ2) is 10.6. The number of hydrogen-bond acceptors (Lipinski definition) is 2. The van der Waals surface area contributed by atoms with Gasteiger partial charge in [-0.2, -0.15) is 0 Å². The zero-order chi connectivity index (χ0) is 13.1. The summed E-state index contributed by atoms with van der Waals surface area (Å²) in [6.45, 7) is 11.8. The lowest BCUT2D eigenvalue weighted by Crippen LogP contribution is -2.27. The summed E-state index contributed by atoms with van der Waals surface area (Å²) < 4.78 is 0. The second-order valence-electron chi connectivity index (χ2n) is 5.40. The third kappa shape index (κ3) is 11.7. The molecule has 3 heteroatoms. The molecule has 1 aliphatic rings. The molecule has 102 valence electrons. The van der Waals surface area contributed by atoms with Crippen molar-refractivity contribution < 1.29 is 4.79 Å². The fourth-order valence-corrected chi connectivity index (χ4v) is 1.66. The third-order valence-electron chi connectivity index (χ3n) is 2.73. The molecule has 0 bridgehead atoms. The Hall–Kier alpha value is -0.570. The van der Waals surface area contributed by atoms with Gasteiger partial charge in [0.1, 0.15) is 0 Å². The lowest BCUT2D eigenvalue weighted by molar-refractivity contribution is -0.121. The van der Waals surface area contributed by atoms with Gasteiger partial charge in [-0.1, -0.05) is 27.7 Å². The number of carbonyl (C=O) groups excluding carboxylic acids is 1. The van der Waals surface area contributed by atoms with E-state index in [9.17, 15) is 4.79 Å². The lowest BCUT2D eigenvalue weighted by atomic mass is 10.0. The van der Waals surface area contributed by atoms with Crippen LogP contribution >= 0.6 is 0 Å². The smallest absolute Gasteiger partial charge is 0.219 e. The van der Waals surface area contributed by atoms with E-state index in [1.165, 1.54) is 25.9 Å². The summed E-state index contributed by atoms with van der Waals surface area (Å²) in [7, 11) is 0. The number of piperidine rings is 1. The minimum atomic E-state index is 0.177. The minimum absolute atomic E-state index is 0.177. The van der Waals surface area contributed by atoms with E-state index in [0.717, 1.165) is 18.9 Å². The van der Waals surface area contributed by atoms with Gasteiger partial charge in [-0.25, -0.2) is 0 Å². The van der Waals surface area contributed by atoms with Crippen LogP contribution in [0.15, 0.2) is 0 Å². The first-order chi connectivity index (χ1) is 8.06. The third-order valence-corrected chi connectivity index (χ3v) is 2.73. The molecule has 1 atom stereocenters. The molecular weight excluding hydrogens is 212 g/mol. The van der Waals surface area contributed by atoms with Crippen molar-refractivity contribution >= 4 is 5.91 Å². The van der Waals surface area contributed by atoms with Crippen LogP contribution in [0, 0.1) is 11.8 Å². The molecule has 1 heterocycles. The van der Waals surface area contributed by atoms with Gasteiger partial charge in [0.25, 0.3) is 0 Å². The normalized spacial score (nSPS) is 19.5. The van der Waals surface area contributed by atoms with Crippen LogP contribution in [0.1, 0.15) is 53.4 Å². The quantitative estimate of drug-likeness (QED) is 0.795. The predicted octanol–water partition coefficient (Wildman–Crippen LogP) is 2.56. The summed E-state index contributed by atoms with van der Waals surface area (Å²) in [5.74, 6) is 1.66. The molecule has 0 aromatic carbocycles. The molecule has 0 spiro atoms. The molecule has 1 rings (SSSR count). The van der Waals surface area contributed by atoms with E-state index in [2.05, 4.69) is 31.4 Å². The van der Waals surface area contributed by atoms with Crippen molar-refractivity contribution in [2.24, 2.45) is 11.8 Å². The summed E-state index contributed by atoms with van der Waals surface area (Å²) in [5, 5.41) is 6.18. The summed E-state index contributed by atoms with van der Waals surface area (Å²) in [6.07, 6.45) is 4.39. The van der Waals surface area contributed by atoms with Gasteiger partial charge < -0.3 is 10.6 Å². The Morgan fingerprint density at radius 1 is 1.47 bits per heavy atom. The first-order valence-corrected chi connectivity index (χ1v) is 7.03. The van der Waals surface area contributed by atoms with Crippen molar-refractivity contribution in [2.75, 3.05) is 19.6 Å². The van der Waals surface area contributed by atoms with Gasteiger partial charge in [-0.15, -0.1) is 0 Å². The fraction of sp³-hybridized carbons (Fsp3) is 0.929. The van der Waals surface area contributed by atoms with Crippen molar-refractivity contribution in [1.29, 1.82) is 0 Å². The summed E-state index contributed by atoms with van der Waals surface area (Å²) in [4.78, 5) is 10.8. The number of carbonyl (C=O) groups is 1. The van der Waals surface area contributed by atoms with Crippen LogP contribution < -0.4 is 10.6 Å². The Morgan fingerprint density at radius 3 is 2.53 bits per heavy atom. The van der Waals surface area contributed by atoms with Gasteiger partial charge in [0.05, 0.1) is 0 Å². The molecule has 1 saturated heterocycles. The molecule has 0 aliphatic carbocycles. The molecule has 1 aliphatic heterocycles. The maximum absolute atomic E-state index is 10.8. The molecule has 17 heavy (non-hydrogen) atoms. The zero-order valence-corrected chi connectivity index (χ0v) is 12.0. The highest BCUT2D eigenvalue weighted by molar-refractivity contribution is 5.75. The van der Waals surface area contributed by atoms with Crippen molar-refractivity contribution in [3.63, 3.8) is 0 Å². The monoisotopic (exact) mass is 242 g/mol. The van der Waals surface area contributed by atoms with Crippen LogP contribution in [-0.2, 0) is 4.79 Å². The molecule has 1 fully saturated rings. The average molecular weight is 242 g/mol. The van der Waals surface area contributed by atoms with Gasteiger partial charge in [-0.3, -0.25) is 4.79 Å². The van der Waals surface area contributed by atoms with Crippen molar-refractivity contribution in [3.8, 4) is 0 Å². The maximum Gasteiger partial charge on any atom is 0.219 e. The van der Waals surface area contributed by atoms with Crippen LogP contribution in [0.4, 0.5) is 0 Å². The molecule has 0 aromatic rings. The number of amides is 1. The van der Waals surface area contributed by atoms with E-state index in [4.69, 9.17) is 0 Å². The molecule has 0 aromatic heterocycles. The van der Waals surface area contributed by atoms with Gasteiger partial charge in [0, 0.05) is 13.0 Å². The predicted molar refractivity (Wildman–Crippen MR) is 74.0 cm³/mol. The average Bonchev–Trinajstić information content (AvgIpc) is 2.29. The highest BCUT2D eigenvalue weighted by Gasteiger charge is 2.04. The summed E-state index contributed by atoms with van der Waals surface area (Å²) in [6, 6.07) is 0. The first kappa shape index (κ1) is 16.4. The topological polar surface area (TPSA) is 41.1 Å². The minimum Gasteiger partial charge on any atom is -0.356 e. The first-order valence-electron chi connectivity index (χ1n) is 7.03. The number of rotatable bonds is 4. The Labute approximate surface area is 107 Å². The van der Waals surface area contributed by atoms with Crippen LogP contribution in [0.2, 0.25) is 0 Å². The SMILES string of the molecule is CC1CCCNC1.CCCC(=O)NCC(C)C. The second-order valence-corrected chi connectivity index (χ2v) is 5.40. The molecule has 0 radical (unpaired) electrons. The lowest BCUT2D eigenvalue weighted by Gasteiger charge is -2.17. The molecule has 2 N–H and O–H groups in total. The van der Waals surface area contributed by atoms with E-state index in [1.807, 2.05) is 6.92 Å². The Morgan fingerprint density at radius 2 is 2.18 bits per heavy atom. The van der Waals surface area contributed by atoms with E-state index >= 15 is 0 Å². The fourth-order valence-electron chi connectivity index (χ4n) is 1.66. The van der Waals surface area contributed by atoms with Gasteiger partial charge in [0.15, 0.2) is 0 Å². The standard InChI is InChI=1S/C8H17NO.C6H13N/c1-4-5-8(10)9-6-7(2)3;1-6-3-2-4-7-5-6/h7H,4-6H2,1-3H3,(H,9,10);6-7H,2-5H2,1H3. The zero-order valence-electron chi connectivity index (χ0n) is 12.0. The summed E-state index contributed by atoms with van der Waals surface area (Å²) in [5.41, 5.74) is 0. The van der Waals surface area contributed by atoms with Crippen LogP contribution in [0.3, 0.4) is 0 Å². The molecule has 0 saturated carbocycles. The maximum atomic E-state index is 10.8. The highest BCUT2D eigenvalue weighted by Crippen LogP contribution is 2.06. The van der Waals surface area contributed by atoms with Crippen molar-refractivity contribution in [3.05, 3.63) is 0 Å².